The van der Waals surface area contributed by atoms with Crippen molar-refractivity contribution in [1.29, 1.82) is 0 Å². The van der Waals surface area contributed by atoms with Crippen molar-refractivity contribution in [2.24, 2.45) is 0 Å². The molecule has 3 aromatic rings. The second-order valence-electron chi connectivity index (χ2n) is 8.39. The lowest BCUT2D eigenvalue weighted by Crippen LogP contribution is -2.25. The second-order valence-corrected chi connectivity index (χ2v) is 8.39. The van der Waals surface area contributed by atoms with Crippen molar-refractivity contribution in [1.82, 2.24) is 0 Å². The molecule has 3 aromatic carbocycles. The monoisotopic (exact) mass is 394 g/mol. The predicted molar refractivity (Wildman–Crippen MR) is 126 cm³/mol. The summed E-state index contributed by atoms with van der Waals surface area (Å²) in [6.45, 7) is 4.57. The highest BCUT2D eigenvalue weighted by molar-refractivity contribution is 5.81. The van der Waals surface area contributed by atoms with Gasteiger partial charge in [0, 0.05) is 16.5 Å². The van der Waals surface area contributed by atoms with Crippen LogP contribution in [0.5, 0.6) is 5.75 Å². The zero-order valence-electron chi connectivity index (χ0n) is 18.0. The Morgan fingerprint density at radius 3 is 2.00 bits per heavy atom. The minimum atomic E-state index is 0.105. The summed E-state index contributed by atoms with van der Waals surface area (Å²) in [6, 6.07) is 22.9. The molecule has 0 aromatic heterocycles. The Labute approximate surface area is 180 Å². The molecule has 1 heteroatoms. The van der Waals surface area contributed by atoms with Crippen molar-refractivity contribution in [3.8, 4) is 28.7 Å². The molecule has 0 atom stereocenters. The van der Waals surface area contributed by atoms with E-state index in [-0.39, 0.29) is 11.2 Å². The van der Waals surface area contributed by atoms with Crippen LogP contribution < -0.4 is 0 Å². The fourth-order valence-corrected chi connectivity index (χ4v) is 4.84. The molecule has 0 fully saturated rings. The molecule has 4 rings (SSSR count). The van der Waals surface area contributed by atoms with E-state index >= 15 is 0 Å². The summed E-state index contributed by atoms with van der Waals surface area (Å²) in [5, 5.41) is 9.48. The van der Waals surface area contributed by atoms with Gasteiger partial charge >= 0.3 is 0 Å². The second kappa shape index (κ2) is 8.80. The van der Waals surface area contributed by atoms with Gasteiger partial charge in [0.25, 0.3) is 0 Å². The third-order valence-electron chi connectivity index (χ3n) is 6.40. The van der Waals surface area contributed by atoms with E-state index < -0.39 is 0 Å². The number of aromatic hydroxyl groups is 1. The van der Waals surface area contributed by atoms with Crippen molar-refractivity contribution >= 4 is 0 Å². The molecule has 0 saturated heterocycles. The van der Waals surface area contributed by atoms with Crippen molar-refractivity contribution in [3.63, 3.8) is 0 Å². The van der Waals surface area contributed by atoms with Gasteiger partial charge in [0.2, 0.25) is 0 Å². The van der Waals surface area contributed by atoms with Gasteiger partial charge in [-0.15, -0.1) is 0 Å². The van der Waals surface area contributed by atoms with E-state index in [0.717, 1.165) is 11.1 Å². The van der Waals surface area contributed by atoms with Crippen LogP contribution in [-0.4, -0.2) is 5.11 Å². The highest BCUT2D eigenvalue weighted by atomic mass is 16.3. The van der Waals surface area contributed by atoms with Gasteiger partial charge in [-0.3, -0.25) is 0 Å². The first-order valence-corrected chi connectivity index (χ1v) is 11.2. The molecular formula is C29H30O. The Kier molecular flexibility index (Phi) is 5.96. The zero-order chi connectivity index (χ0) is 21.0. The number of unbranched alkanes of at least 4 members (excludes halogenated alkanes) is 2. The molecule has 0 unspecified atom stereocenters. The van der Waals surface area contributed by atoms with E-state index in [1.165, 1.54) is 60.8 Å². The van der Waals surface area contributed by atoms with Gasteiger partial charge in [0.05, 0.1) is 0 Å². The topological polar surface area (TPSA) is 20.2 Å². The number of hydrogen-bond donors (Lipinski definition) is 1. The summed E-state index contributed by atoms with van der Waals surface area (Å²) >= 11 is 0. The van der Waals surface area contributed by atoms with Crippen LogP contribution in [0.1, 0.15) is 74.6 Å². The van der Waals surface area contributed by atoms with Gasteiger partial charge in [0.15, 0.2) is 0 Å². The molecule has 30 heavy (non-hydrogen) atoms. The summed E-state index contributed by atoms with van der Waals surface area (Å²) in [4.78, 5) is 0. The van der Waals surface area contributed by atoms with E-state index in [1.54, 1.807) is 12.1 Å². The molecule has 0 radical (unpaired) electrons. The number of hydrogen-bond acceptors (Lipinski definition) is 1. The molecule has 152 valence electrons. The van der Waals surface area contributed by atoms with Gasteiger partial charge in [-0.2, -0.15) is 0 Å². The molecule has 1 aliphatic carbocycles. The van der Waals surface area contributed by atoms with Crippen molar-refractivity contribution in [2.75, 3.05) is 0 Å². The number of benzene rings is 3. The third-order valence-corrected chi connectivity index (χ3v) is 6.40. The maximum atomic E-state index is 9.48. The fourth-order valence-electron chi connectivity index (χ4n) is 4.84. The van der Waals surface area contributed by atoms with Gasteiger partial charge in [-0.1, -0.05) is 81.7 Å². The lowest BCUT2D eigenvalue weighted by molar-refractivity contribution is 0.414. The smallest absolute Gasteiger partial charge is 0.115 e. The quantitative estimate of drug-likeness (QED) is 0.431. The van der Waals surface area contributed by atoms with Crippen LogP contribution in [0.4, 0.5) is 0 Å². The summed E-state index contributed by atoms with van der Waals surface area (Å²) < 4.78 is 0. The minimum absolute atomic E-state index is 0.105. The highest BCUT2D eigenvalue weighted by Crippen LogP contribution is 2.54. The van der Waals surface area contributed by atoms with Crippen LogP contribution in [0.25, 0.3) is 11.1 Å². The maximum Gasteiger partial charge on any atom is 0.115 e. The lowest BCUT2D eigenvalue weighted by atomic mass is 9.70. The molecule has 0 bridgehead atoms. The minimum Gasteiger partial charge on any atom is -0.508 e. The van der Waals surface area contributed by atoms with Crippen LogP contribution in [-0.2, 0) is 5.41 Å². The van der Waals surface area contributed by atoms with Crippen LogP contribution in [0.2, 0.25) is 0 Å². The van der Waals surface area contributed by atoms with Gasteiger partial charge in [-0.25, -0.2) is 0 Å². The van der Waals surface area contributed by atoms with Crippen molar-refractivity contribution < 1.29 is 5.11 Å². The Hall–Kier alpha value is -2.98. The summed E-state index contributed by atoms with van der Waals surface area (Å²) in [5.74, 6) is 6.88. The summed E-state index contributed by atoms with van der Waals surface area (Å²) in [5.41, 5.74) is 7.83. The first-order chi connectivity index (χ1) is 14.7. The highest BCUT2D eigenvalue weighted by Gasteiger charge is 2.41. The van der Waals surface area contributed by atoms with E-state index in [9.17, 15) is 5.11 Å². The Morgan fingerprint density at radius 2 is 1.30 bits per heavy atom. The van der Waals surface area contributed by atoms with Gasteiger partial charge in [-0.05, 0) is 71.5 Å². The third kappa shape index (κ3) is 3.75. The van der Waals surface area contributed by atoms with Crippen molar-refractivity contribution in [3.05, 3.63) is 89.0 Å². The number of rotatable bonds is 6. The molecule has 0 aliphatic heterocycles. The number of fused-ring (bicyclic) bond motifs is 3. The molecule has 0 amide bonds. The van der Waals surface area contributed by atoms with E-state index in [1.807, 2.05) is 12.1 Å². The lowest BCUT2D eigenvalue weighted by Gasteiger charge is -2.32. The van der Waals surface area contributed by atoms with Crippen LogP contribution in [0, 0.1) is 11.8 Å². The van der Waals surface area contributed by atoms with Gasteiger partial charge in [0.1, 0.15) is 5.75 Å². The van der Waals surface area contributed by atoms with E-state index in [4.69, 9.17) is 0 Å². The normalized spacial score (nSPS) is 13.3. The van der Waals surface area contributed by atoms with Crippen molar-refractivity contribution in [2.45, 2.75) is 57.8 Å². The Balaban J connectivity index is 1.80. The molecule has 1 aliphatic rings. The van der Waals surface area contributed by atoms with Crippen LogP contribution in [0.15, 0.2) is 66.7 Å². The number of phenols is 1. The molecule has 1 nitrogen and oxygen atoms in total. The Morgan fingerprint density at radius 1 is 0.700 bits per heavy atom. The zero-order valence-corrected chi connectivity index (χ0v) is 18.0. The largest absolute Gasteiger partial charge is 0.508 e. The average Bonchev–Trinajstić information content (AvgIpc) is 3.05. The fraction of sp³-hybridized carbons (Fsp3) is 0.310. The summed E-state index contributed by atoms with van der Waals surface area (Å²) in [7, 11) is 0. The molecule has 0 spiro atoms. The average molecular weight is 395 g/mol. The van der Waals surface area contributed by atoms with E-state index in [0.29, 0.717) is 0 Å². The van der Waals surface area contributed by atoms with E-state index in [2.05, 4.69) is 68.2 Å². The first-order valence-electron chi connectivity index (χ1n) is 11.2. The molecule has 0 saturated carbocycles. The number of phenolic OH excluding ortho intramolecular Hbond substituents is 1. The first kappa shape index (κ1) is 20.3. The van der Waals surface area contributed by atoms with Gasteiger partial charge < -0.3 is 5.11 Å². The molecule has 1 N–H and O–H groups in total. The molecule has 0 heterocycles. The SMILES string of the molecule is CCCCC1(CCCC)c2ccccc2-c2ccc(C#Cc3ccc(O)cc3)cc21. The predicted octanol–water partition coefficient (Wildman–Crippen LogP) is 7.44. The maximum absolute atomic E-state index is 9.48. The standard InChI is InChI=1S/C29H30O/c1-3-5-19-29(20-6-4-2)27-10-8-7-9-25(27)26-18-15-23(21-28(26)29)12-11-22-13-16-24(30)17-14-22/h7-10,13-18,21,30H,3-6,19-20H2,1-2H3. The molecular weight excluding hydrogens is 364 g/mol. The Bertz CT molecular complexity index is 1070. The summed E-state index contributed by atoms with van der Waals surface area (Å²) in [6.07, 6.45) is 7.30. The van der Waals surface area contributed by atoms with Crippen LogP contribution in [0.3, 0.4) is 0 Å². The van der Waals surface area contributed by atoms with Crippen LogP contribution >= 0.6 is 0 Å².